The molecule has 1 amide bonds. The SMILES string of the molecule is CC[N@@+]1([O-])[C@@H]2[C@@H]3C[C@@H]4[C@@]2([C@@H](OC)CC[C@]41OC(=O)c1ccccc1NC(C)=O)[C@H]1C[C@@H]2[C@@H](OC)C[C@@]3(O)[C@@]1(O)[C@H]2OC. The maximum absolute atomic E-state index is 15.6. The fourth-order valence-corrected chi connectivity index (χ4v) is 11.8. The molecule has 1 spiro atoms. The van der Waals surface area contributed by atoms with Crippen LogP contribution in [0, 0.1) is 34.3 Å². The third-order valence-corrected chi connectivity index (χ3v) is 12.7. The Morgan fingerprint density at radius 2 is 1.83 bits per heavy atom. The number of nitrogens with zero attached hydrogens (tertiary/aromatic N) is 1. The van der Waals surface area contributed by atoms with Gasteiger partial charge in [-0.05, 0) is 38.3 Å². The van der Waals surface area contributed by atoms with Crippen molar-refractivity contribution in [1.82, 2.24) is 0 Å². The van der Waals surface area contributed by atoms with E-state index in [9.17, 15) is 19.8 Å². The average molecular weight is 587 g/mol. The molecule has 1 aromatic rings. The van der Waals surface area contributed by atoms with Gasteiger partial charge < -0.3 is 44.3 Å². The molecule has 3 N–H and O–H groups in total. The minimum atomic E-state index is -1.62. The quantitative estimate of drug-likeness (QED) is 0.249. The van der Waals surface area contributed by atoms with E-state index in [1.807, 2.05) is 6.92 Å². The Balaban J connectivity index is 1.40. The molecule has 6 aliphatic rings. The number of hydrogen-bond donors (Lipinski definition) is 3. The van der Waals surface area contributed by atoms with Crippen molar-refractivity contribution in [3.05, 3.63) is 35.0 Å². The number of esters is 1. The molecule has 1 saturated heterocycles. The monoisotopic (exact) mass is 586 g/mol. The number of ether oxygens (including phenoxy) is 4. The molecule has 11 heteroatoms. The maximum Gasteiger partial charge on any atom is 0.344 e. The van der Waals surface area contributed by atoms with Crippen LogP contribution in [0.2, 0.25) is 0 Å². The highest BCUT2D eigenvalue weighted by Crippen LogP contribution is 2.83. The summed E-state index contributed by atoms with van der Waals surface area (Å²) in [7, 11) is 4.84. The minimum absolute atomic E-state index is 0.128. The lowest BCUT2D eigenvalue weighted by Gasteiger charge is -2.65. The highest BCUT2D eigenvalue weighted by molar-refractivity contribution is 6.00. The van der Waals surface area contributed by atoms with Crippen LogP contribution in [0.4, 0.5) is 5.69 Å². The van der Waals surface area contributed by atoms with Crippen molar-refractivity contribution in [2.24, 2.45) is 29.1 Å². The summed E-state index contributed by atoms with van der Waals surface area (Å²) in [6, 6.07) is 5.98. The van der Waals surface area contributed by atoms with Gasteiger partial charge in [-0.3, -0.25) is 4.79 Å². The molecule has 1 aliphatic heterocycles. The minimum Gasteiger partial charge on any atom is -0.630 e. The molecule has 7 rings (SSSR count). The fraction of sp³-hybridized carbons (Fsp3) is 0.742. The first kappa shape index (κ1) is 28.6. The Morgan fingerprint density at radius 1 is 1.10 bits per heavy atom. The summed E-state index contributed by atoms with van der Waals surface area (Å²) in [4.78, 5) is 25.9. The number of nitrogens with one attached hydrogen (secondary N) is 1. The van der Waals surface area contributed by atoms with Gasteiger partial charge >= 0.3 is 5.97 Å². The largest absolute Gasteiger partial charge is 0.630 e. The second-order valence-corrected chi connectivity index (χ2v) is 13.5. The Bertz CT molecular complexity index is 1330. The first-order valence-corrected chi connectivity index (χ1v) is 15.2. The second kappa shape index (κ2) is 8.97. The van der Waals surface area contributed by atoms with E-state index in [2.05, 4.69) is 5.32 Å². The van der Waals surface area contributed by atoms with E-state index in [0.29, 0.717) is 31.4 Å². The Hall–Kier alpha value is -2.12. The molecule has 7 bridgehead atoms. The number of benzene rings is 1. The zero-order valence-electron chi connectivity index (χ0n) is 24.9. The molecule has 0 unspecified atom stereocenters. The number of fused-ring (bicyclic) bond motifs is 2. The third kappa shape index (κ3) is 2.87. The summed E-state index contributed by atoms with van der Waals surface area (Å²) in [6.45, 7) is 3.31. The van der Waals surface area contributed by atoms with E-state index in [1.54, 1.807) is 45.6 Å². The van der Waals surface area contributed by atoms with Crippen LogP contribution in [0.15, 0.2) is 24.3 Å². The predicted molar refractivity (Wildman–Crippen MR) is 149 cm³/mol. The normalized spacial score (nSPS) is 51.0. The molecule has 0 aromatic heterocycles. The lowest BCUT2D eigenvalue weighted by atomic mass is 9.48. The molecule has 11 nitrogen and oxygen atoms in total. The Morgan fingerprint density at radius 3 is 2.48 bits per heavy atom. The number of methoxy groups -OCH3 is 3. The summed E-state index contributed by atoms with van der Waals surface area (Å²) in [5, 5.41) is 43.7. The van der Waals surface area contributed by atoms with E-state index in [0.717, 1.165) is 0 Å². The molecule has 230 valence electrons. The lowest BCUT2D eigenvalue weighted by Crippen LogP contribution is -2.80. The number of anilines is 1. The number of rotatable bonds is 7. The van der Waals surface area contributed by atoms with Crippen LogP contribution in [0.25, 0.3) is 0 Å². The molecule has 1 aromatic carbocycles. The van der Waals surface area contributed by atoms with E-state index >= 15 is 5.21 Å². The number of hydrogen-bond acceptors (Lipinski definition) is 9. The van der Waals surface area contributed by atoms with Gasteiger partial charge in [0.15, 0.2) is 0 Å². The van der Waals surface area contributed by atoms with Crippen LogP contribution >= 0.6 is 0 Å². The summed E-state index contributed by atoms with van der Waals surface area (Å²) in [5.41, 5.74) is -5.01. The highest BCUT2D eigenvalue weighted by Gasteiger charge is 2.95. The van der Waals surface area contributed by atoms with Crippen molar-refractivity contribution in [3.8, 4) is 0 Å². The zero-order chi connectivity index (χ0) is 30.0. The number of likely N-dealkylation sites (tertiary alicyclic amines) is 1. The number of piperidine rings is 1. The standard InChI is InChI=1S/C31H42N2O9/c1-6-33(38)25-19-14-22-29(33,42-27(35)17-9-7-8-10-20(17)32-16(2)34)12-11-24(40-4)30(22,25)23-13-18-21(39-3)15-28(19,36)31(23,37)26(18)41-5/h7-10,18-19,21-26,36-37H,6,11-15H2,1-5H3,(H,32,34)/t18-,19+,21+,22+,23-,24+,25-,26+,28+,29+,30+,31+,33-/m1/s1. The van der Waals surface area contributed by atoms with Crippen molar-refractivity contribution in [3.63, 3.8) is 0 Å². The maximum atomic E-state index is 15.6. The van der Waals surface area contributed by atoms with Crippen LogP contribution in [-0.4, -0.2) is 95.9 Å². The fourth-order valence-electron chi connectivity index (χ4n) is 11.8. The van der Waals surface area contributed by atoms with E-state index < -0.39 is 62.9 Å². The third-order valence-electron chi connectivity index (χ3n) is 12.7. The number of hydroxylamine groups is 3. The molecule has 42 heavy (non-hydrogen) atoms. The highest BCUT2D eigenvalue weighted by atomic mass is 16.7. The zero-order valence-corrected chi connectivity index (χ0v) is 24.9. The molecule has 13 atom stereocenters. The number of carbonyl (C=O) groups is 2. The molecule has 6 fully saturated rings. The molecular weight excluding hydrogens is 544 g/mol. The summed E-state index contributed by atoms with van der Waals surface area (Å²) in [5.74, 6) is -2.70. The van der Waals surface area contributed by atoms with Gasteiger partial charge in [0, 0.05) is 58.8 Å². The van der Waals surface area contributed by atoms with Crippen LogP contribution in [0.3, 0.4) is 0 Å². The number of para-hydroxylation sites is 1. The van der Waals surface area contributed by atoms with Crippen molar-refractivity contribution in [2.45, 2.75) is 87.2 Å². The lowest BCUT2D eigenvalue weighted by molar-refractivity contribution is -0.975. The predicted octanol–water partition coefficient (Wildman–Crippen LogP) is 2.19. The van der Waals surface area contributed by atoms with Crippen LogP contribution < -0.4 is 5.32 Å². The van der Waals surface area contributed by atoms with Gasteiger partial charge in [-0.1, -0.05) is 12.1 Å². The van der Waals surface area contributed by atoms with Gasteiger partial charge in [-0.25, -0.2) is 4.79 Å². The Kier molecular flexibility index (Phi) is 6.11. The van der Waals surface area contributed by atoms with Crippen LogP contribution in [0.1, 0.15) is 56.3 Å². The van der Waals surface area contributed by atoms with E-state index in [4.69, 9.17) is 18.9 Å². The molecule has 5 aliphatic carbocycles. The summed E-state index contributed by atoms with van der Waals surface area (Å²) >= 11 is 0. The van der Waals surface area contributed by atoms with E-state index in [-0.39, 0.29) is 42.6 Å². The number of carbonyl (C=O) groups excluding carboxylic acids is 2. The van der Waals surface area contributed by atoms with Crippen molar-refractivity contribution < 1.29 is 43.4 Å². The van der Waals surface area contributed by atoms with Crippen LogP contribution in [0.5, 0.6) is 0 Å². The van der Waals surface area contributed by atoms with Gasteiger partial charge in [0.1, 0.15) is 17.2 Å². The van der Waals surface area contributed by atoms with Gasteiger partial charge in [-0.15, -0.1) is 0 Å². The van der Waals surface area contributed by atoms with Crippen molar-refractivity contribution >= 4 is 17.6 Å². The smallest absolute Gasteiger partial charge is 0.344 e. The first-order chi connectivity index (χ1) is 20.0. The number of amides is 1. The topological polar surface area (TPSA) is 147 Å². The van der Waals surface area contributed by atoms with Gasteiger partial charge in [0.25, 0.3) is 5.72 Å². The van der Waals surface area contributed by atoms with Gasteiger partial charge in [0.05, 0.1) is 47.4 Å². The summed E-state index contributed by atoms with van der Waals surface area (Å²) < 4.78 is 23.8. The molecule has 5 saturated carbocycles. The number of aliphatic hydroxyl groups is 2. The summed E-state index contributed by atoms with van der Waals surface area (Å²) in [6.07, 6.45) is 0.547. The Labute approximate surface area is 245 Å². The average Bonchev–Trinajstić information content (AvgIpc) is 3.49. The van der Waals surface area contributed by atoms with Crippen molar-refractivity contribution in [1.29, 1.82) is 0 Å². The van der Waals surface area contributed by atoms with Crippen molar-refractivity contribution in [2.75, 3.05) is 33.2 Å². The van der Waals surface area contributed by atoms with Crippen LogP contribution in [-0.2, 0) is 23.7 Å². The van der Waals surface area contributed by atoms with E-state index in [1.165, 1.54) is 6.92 Å². The molecule has 0 radical (unpaired) electrons. The van der Waals surface area contributed by atoms with Gasteiger partial charge in [-0.2, -0.15) is 0 Å². The molecular formula is C31H42N2O9. The number of quaternary nitrogens is 1. The first-order valence-electron chi connectivity index (χ1n) is 15.2. The second-order valence-electron chi connectivity index (χ2n) is 13.5. The van der Waals surface area contributed by atoms with Gasteiger partial charge in [0.2, 0.25) is 5.91 Å². The molecule has 1 heterocycles.